The highest BCUT2D eigenvalue weighted by Gasteiger charge is 2.45. The maximum Gasteiger partial charge on any atom is 0.153 e. The molecule has 0 aliphatic carbocycles. The number of aryl methyl sites for hydroxylation is 1. The maximum atomic E-state index is 12.2. The fourth-order valence-electron chi connectivity index (χ4n) is 4.33. The van der Waals surface area contributed by atoms with E-state index in [-0.39, 0.29) is 17.8 Å². The first-order valence-electron chi connectivity index (χ1n) is 9.29. The van der Waals surface area contributed by atoms with E-state index in [2.05, 4.69) is 34.9 Å². The Morgan fingerprint density at radius 2 is 1.81 bits per heavy atom. The number of furan rings is 1. The van der Waals surface area contributed by atoms with E-state index in [0.29, 0.717) is 5.75 Å². The molecular formula is C20H26N2O3S. The van der Waals surface area contributed by atoms with Gasteiger partial charge in [-0.25, -0.2) is 8.42 Å². The Morgan fingerprint density at radius 3 is 2.50 bits per heavy atom. The van der Waals surface area contributed by atoms with Crippen LogP contribution in [-0.4, -0.2) is 61.4 Å². The van der Waals surface area contributed by atoms with Crippen molar-refractivity contribution in [2.45, 2.75) is 32.5 Å². The van der Waals surface area contributed by atoms with Crippen LogP contribution >= 0.6 is 0 Å². The third-order valence-corrected chi connectivity index (χ3v) is 7.35. The molecule has 140 valence electrons. The van der Waals surface area contributed by atoms with E-state index in [1.807, 2.05) is 25.1 Å². The summed E-state index contributed by atoms with van der Waals surface area (Å²) in [5.41, 5.74) is 2.27. The lowest BCUT2D eigenvalue weighted by molar-refractivity contribution is 0.0439. The fourth-order valence-corrected chi connectivity index (χ4v) is 6.38. The minimum absolute atomic E-state index is 0.100. The first kappa shape index (κ1) is 17.8. The number of fused-ring (bicyclic) bond motifs is 1. The van der Waals surface area contributed by atoms with Crippen LogP contribution < -0.4 is 0 Å². The second kappa shape index (κ2) is 6.83. The molecule has 0 spiro atoms. The van der Waals surface area contributed by atoms with Gasteiger partial charge in [0.2, 0.25) is 0 Å². The second-order valence-corrected chi connectivity index (χ2v) is 9.58. The molecule has 2 aromatic rings. The third-order valence-electron chi connectivity index (χ3n) is 5.65. The van der Waals surface area contributed by atoms with Gasteiger partial charge in [-0.3, -0.25) is 9.80 Å². The molecule has 1 aromatic heterocycles. The molecule has 2 aliphatic rings. The molecule has 6 heteroatoms. The average molecular weight is 375 g/mol. The third kappa shape index (κ3) is 3.46. The number of hydrogen-bond donors (Lipinski definition) is 0. The first-order valence-corrected chi connectivity index (χ1v) is 11.1. The first-order chi connectivity index (χ1) is 12.4. The van der Waals surface area contributed by atoms with Gasteiger partial charge >= 0.3 is 0 Å². The summed E-state index contributed by atoms with van der Waals surface area (Å²) in [6.07, 6.45) is 0. The van der Waals surface area contributed by atoms with E-state index in [0.717, 1.165) is 43.3 Å². The number of sulfone groups is 1. The summed E-state index contributed by atoms with van der Waals surface area (Å²) in [7, 11) is -2.94. The Morgan fingerprint density at radius 1 is 1.08 bits per heavy atom. The molecule has 0 N–H and O–H groups in total. The zero-order chi connectivity index (χ0) is 18.3. The largest absolute Gasteiger partial charge is 0.461 e. The van der Waals surface area contributed by atoms with Crippen LogP contribution in [0.15, 0.2) is 40.8 Å². The maximum absolute atomic E-state index is 12.2. The Kier molecular flexibility index (Phi) is 4.67. The molecule has 1 aromatic carbocycles. The normalized spacial score (nSPS) is 26.1. The summed E-state index contributed by atoms with van der Waals surface area (Å²) in [6, 6.07) is 12.6. The van der Waals surface area contributed by atoms with Crippen molar-refractivity contribution in [3.05, 3.63) is 47.7 Å². The molecule has 5 nitrogen and oxygen atoms in total. The number of benzene rings is 1. The van der Waals surface area contributed by atoms with Crippen molar-refractivity contribution in [2.24, 2.45) is 0 Å². The van der Waals surface area contributed by atoms with Crippen molar-refractivity contribution in [1.29, 1.82) is 0 Å². The van der Waals surface area contributed by atoms with Gasteiger partial charge in [0.05, 0.1) is 11.5 Å². The molecule has 2 unspecified atom stereocenters. The van der Waals surface area contributed by atoms with Crippen molar-refractivity contribution in [2.75, 3.05) is 31.1 Å². The van der Waals surface area contributed by atoms with Crippen LogP contribution in [0, 0.1) is 6.92 Å². The van der Waals surface area contributed by atoms with E-state index in [1.54, 1.807) is 0 Å². The lowest BCUT2D eigenvalue weighted by atomic mass is 10.0. The highest BCUT2D eigenvalue weighted by Crippen LogP contribution is 2.29. The Labute approximate surface area is 155 Å². The summed E-state index contributed by atoms with van der Waals surface area (Å²) >= 11 is 0. The zero-order valence-electron chi connectivity index (χ0n) is 15.4. The molecule has 2 fully saturated rings. The second-order valence-electron chi connectivity index (χ2n) is 7.42. The van der Waals surface area contributed by atoms with Crippen LogP contribution in [0.1, 0.15) is 18.2 Å². The van der Waals surface area contributed by atoms with Crippen LogP contribution in [0.3, 0.4) is 0 Å². The lowest BCUT2D eigenvalue weighted by Gasteiger charge is -2.43. The predicted molar refractivity (Wildman–Crippen MR) is 103 cm³/mol. The summed E-state index contributed by atoms with van der Waals surface area (Å²) in [4.78, 5) is 4.68. The van der Waals surface area contributed by atoms with E-state index in [1.165, 1.54) is 5.56 Å². The van der Waals surface area contributed by atoms with Crippen molar-refractivity contribution in [3.63, 3.8) is 0 Å². The number of likely N-dealkylation sites (N-methyl/N-ethyl adjacent to an activating group) is 1. The molecule has 3 heterocycles. The van der Waals surface area contributed by atoms with E-state index < -0.39 is 9.84 Å². The van der Waals surface area contributed by atoms with Crippen LogP contribution in [0.4, 0.5) is 0 Å². The molecular weight excluding hydrogens is 348 g/mol. The highest BCUT2D eigenvalue weighted by atomic mass is 32.2. The van der Waals surface area contributed by atoms with Gasteiger partial charge in [0.15, 0.2) is 9.84 Å². The van der Waals surface area contributed by atoms with Crippen LogP contribution in [0.25, 0.3) is 11.3 Å². The van der Waals surface area contributed by atoms with Crippen molar-refractivity contribution in [1.82, 2.24) is 9.80 Å². The minimum atomic E-state index is -2.94. The quantitative estimate of drug-likeness (QED) is 0.823. The van der Waals surface area contributed by atoms with Gasteiger partial charge in [-0.2, -0.15) is 0 Å². The predicted octanol–water partition coefficient (Wildman–Crippen LogP) is 2.56. The minimum Gasteiger partial charge on any atom is -0.461 e. The summed E-state index contributed by atoms with van der Waals surface area (Å²) in [6.45, 7) is 7.60. The Balaban J connectivity index is 1.55. The molecule has 26 heavy (non-hydrogen) atoms. The van der Waals surface area contributed by atoms with Gasteiger partial charge < -0.3 is 4.42 Å². The van der Waals surface area contributed by atoms with Gasteiger partial charge in [0, 0.05) is 37.3 Å². The molecule has 4 rings (SSSR count). The Hall–Kier alpha value is -1.63. The van der Waals surface area contributed by atoms with Crippen LogP contribution in [0.5, 0.6) is 0 Å². The van der Waals surface area contributed by atoms with Crippen molar-refractivity contribution >= 4 is 9.84 Å². The zero-order valence-corrected chi connectivity index (χ0v) is 16.2. The van der Waals surface area contributed by atoms with E-state index in [4.69, 9.17) is 4.42 Å². The smallest absolute Gasteiger partial charge is 0.153 e. The monoisotopic (exact) mass is 374 g/mol. The number of piperazine rings is 1. The van der Waals surface area contributed by atoms with Gasteiger partial charge in [0.25, 0.3) is 0 Å². The summed E-state index contributed by atoms with van der Waals surface area (Å²) < 4.78 is 30.2. The standard InChI is InChI=1S/C20H26N2O3S/c1-3-21-9-10-22(19-14-26(23,24)13-18(19)21)12-16-5-4-6-17(11-16)20-8-7-15(2)25-20/h4-8,11,18-19H,3,9-10,12-14H2,1-2H3. The molecule has 0 saturated carbocycles. The summed E-state index contributed by atoms with van der Waals surface area (Å²) in [5.74, 6) is 2.36. The molecule has 2 saturated heterocycles. The Bertz CT molecular complexity index is 890. The highest BCUT2D eigenvalue weighted by molar-refractivity contribution is 7.91. The number of rotatable bonds is 4. The van der Waals surface area contributed by atoms with Gasteiger partial charge in [-0.05, 0) is 37.2 Å². The van der Waals surface area contributed by atoms with Crippen molar-refractivity contribution in [3.8, 4) is 11.3 Å². The number of hydrogen-bond acceptors (Lipinski definition) is 5. The van der Waals surface area contributed by atoms with Gasteiger partial charge in [0.1, 0.15) is 11.5 Å². The molecule has 0 amide bonds. The van der Waals surface area contributed by atoms with Gasteiger partial charge in [-0.1, -0.05) is 25.1 Å². The molecule has 2 atom stereocenters. The SMILES string of the molecule is CCN1CCN(Cc2cccc(-c3ccc(C)o3)c2)C2CS(=O)(=O)CC21. The van der Waals surface area contributed by atoms with Crippen molar-refractivity contribution < 1.29 is 12.8 Å². The average Bonchev–Trinajstić information content (AvgIpc) is 3.18. The molecule has 0 radical (unpaired) electrons. The number of nitrogens with zero attached hydrogens (tertiary/aromatic N) is 2. The molecule has 2 aliphatic heterocycles. The van der Waals surface area contributed by atoms with E-state index >= 15 is 0 Å². The van der Waals surface area contributed by atoms with Crippen LogP contribution in [-0.2, 0) is 16.4 Å². The van der Waals surface area contributed by atoms with Crippen LogP contribution in [0.2, 0.25) is 0 Å². The summed E-state index contributed by atoms with van der Waals surface area (Å²) in [5, 5.41) is 0. The topological polar surface area (TPSA) is 53.8 Å². The van der Waals surface area contributed by atoms with E-state index in [9.17, 15) is 8.42 Å². The van der Waals surface area contributed by atoms with Gasteiger partial charge in [-0.15, -0.1) is 0 Å². The lowest BCUT2D eigenvalue weighted by Crippen LogP contribution is -2.58. The fraction of sp³-hybridized carbons (Fsp3) is 0.500. The molecule has 0 bridgehead atoms.